The van der Waals surface area contributed by atoms with Crippen LogP contribution in [0.5, 0.6) is 0 Å². The van der Waals surface area contributed by atoms with Gasteiger partial charge in [-0.3, -0.25) is 4.40 Å². The van der Waals surface area contributed by atoms with Gasteiger partial charge in [0.25, 0.3) is 0 Å². The van der Waals surface area contributed by atoms with Crippen LogP contribution in [0.1, 0.15) is 11.4 Å². The van der Waals surface area contributed by atoms with Gasteiger partial charge in [-0.05, 0) is 35.0 Å². The zero-order valence-electron chi connectivity index (χ0n) is 15.0. The minimum absolute atomic E-state index is 0.0132. The molecule has 0 saturated heterocycles. The molecule has 0 aliphatic heterocycles. The molecule has 0 spiro atoms. The van der Waals surface area contributed by atoms with E-state index in [1.54, 1.807) is 0 Å². The maximum Gasteiger partial charge on any atom is 0.179 e. The Balaban J connectivity index is 2.00. The van der Waals surface area contributed by atoms with Crippen molar-refractivity contribution in [2.75, 3.05) is 0 Å². The molecule has 3 aromatic heterocycles. The van der Waals surface area contributed by atoms with E-state index in [-0.39, 0.29) is 11.4 Å². The first-order valence-electron chi connectivity index (χ1n) is 9.02. The summed E-state index contributed by atoms with van der Waals surface area (Å²) >= 11 is 0. The second kappa shape index (κ2) is 5.48. The van der Waals surface area contributed by atoms with E-state index in [4.69, 9.17) is 4.98 Å². The van der Waals surface area contributed by atoms with Gasteiger partial charge in [0.15, 0.2) is 17.0 Å². The molecule has 0 unspecified atom stereocenters. The van der Waals surface area contributed by atoms with Gasteiger partial charge in [-0.15, -0.1) is 0 Å². The van der Waals surface area contributed by atoms with E-state index in [0.29, 0.717) is 11.2 Å². The number of pyridine rings is 1. The molecule has 6 nitrogen and oxygen atoms in total. The molecule has 0 radical (unpaired) electrons. The number of nitriles is 2. The average molecular weight is 370 g/mol. The van der Waals surface area contributed by atoms with Crippen LogP contribution in [0.4, 0.5) is 0 Å². The first-order valence-corrected chi connectivity index (χ1v) is 9.02. The van der Waals surface area contributed by atoms with E-state index in [1.165, 1.54) is 0 Å². The largest absolute Gasteiger partial charge is 0.274 e. The van der Waals surface area contributed by atoms with E-state index >= 15 is 0 Å². The quantitative estimate of drug-likeness (QED) is 0.290. The number of benzene rings is 3. The lowest BCUT2D eigenvalue weighted by molar-refractivity contribution is 1.15. The molecular weight excluding hydrogens is 360 g/mol. The fourth-order valence-corrected chi connectivity index (χ4v) is 3.96. The highest BCUT2D eigenvalue weighted by Crippen LogP contribution is 2.33. The van der Waals surface area contributed by atoms with Crippen LogP contribution >= 0.6 is 0 Å². The number of para-hydroxylation sites is 2. The van der Waals surface area contributed by atoms with Crippen LogP contribution in [-0.2, 0) is 0 Å². The summed E-state index contributed by atoms with van der Waals surface area (Å²) < 4.78 is 1.93. The smallest absolute Gasteiger partial charge is 0.179 e. The number of hydrogen-bond acceptors (Lipinski definition) is 5. The molecule has 0 fully saturated rings. The standard InChI is InChI=1S/C23H10N6/c24-11-18-19(12-25)28-23-21(26-18)15-9-13-5-1-2-6-14(13)10-16(15)22-27-17-7-3-4-8-20(17)29(22)23/h1-10H. The van der Waals surface area contributed by atoms with Crippen molar-refractivity contribution in [2.24, 2.45) is 0 Å². The molecule has 3 heterocycles. The third-order valence-corrected chi connectivity index (χ3v) is 5.24. The molecule has 0 bridgehead atoms. The summed E-state index contributed by atoms with van der Waals surface area (Å²) in [4.78, 5) is 13.9. The van der Waals surface area contributed by atoms with Crippen LogP contribution in [0, 0.1) is 22.7 Å². The molecule has 29 heavy (non-hydrogen) atoms. The van der Waals surface area contributed by atoms with E-state index in [2.05, 4.69) is 22.1 Å². The average Bonchev–Trinajstić information content (AvgIpc) is 3.17. The summed E-state index contributed by atoms with van der Waals surface area (Å²) in [6.07, 6.45) is 0. The third-order valence-electron chi connectivity index (χ3n) is 5.24. The molecule has 6 heteroatoms. The van der Waals surface area contributed by atoms with Gasteiger partial charge < -0.3 is 0 Å². The van der Waals surface area contributed by atoms with Crippen molar-refractivity contribution in [3.05, 3.63) is 72.1 Å². The SMILES string of the molecule is N#Cc1nc2c3cc4ccccc4cc3c3nc4ccccc4n3c2nc1C#N. The van der Waals surface area contributed by atoms with Crippen LogP contribution in [0.15, 0.2) is 60.7 Å². The van der Waals surface area contributed by atoms with Gasteiger partial charge in [-0.2, -0.15) is 10.5 Å². The Morgan fingerprint density at radius 3 is 2.10 bits per heavy atom. The first-order chi connectivity index (χ1) is 14.3. The van der Waals surface area contributed by atoms with Crippen LogP contribution in [0.25, 0.3) is 49.4 Å². The third kappa shape index (κ3) is 2.00. The lowest BCUT2D eigenvalue weighted by Gasteiger charge is -2.10. The molecule has 6 rings (SSSR count). The fraction of sp³-hybridized carbons (Fsp3) is 0. The molecule has 0 aliphatic rings. The Morgan fingerprint density at radius 2 is 1.34 bits per heavy atom. The second-order valence-electron chi connectivity index (χ2n) is 6.82. The molecule has 6 aromatic rings. The van der Waals surface area contributed by atoms with Gasteiger partial charge in [0.05, 0.1) is 11.0 Å². The van der Waals surface area contributed by atoms with Gasteiger partial charge in [0, 0.05) is 10.8 Å². The van der Waals surface area contributed by atoms with E-state index < -0.39 is 0 Å². The van der Waals surface area contributed by atoms with Crippen molar-refractivity contribution in [1.82, 2.24) is 19.4 Å². The fourth-order valence-electron chi connectivity index (χ4n) is 3.96. The van der Waals surface area contributed by atoms with E-state index in [9.17, 15) is 10.5 Å². The van der Waals surface area contributed by atoms with Crippen molar-refractivity contribution in [2.45, 2.75) is 0 Å². The zero-order valence-corrected chi connectivity index (χ0v) is 15.0. The second-order valence-corrected chi connectivity index (χ2v) is 6.82. The molecule has 0 saturated carbocycles. The van der Waals surface area contributed by atoms with Gasteiger partial charge >= 0.3 is 0 Å². The Hall–Kier alpha value is -4.55. The van der Waals surface area contributed by atoms with Crippen LogP contribution in [-0.4, -0.2) is 19.4 Å². The zero-order chi connectivity index (χ0) is 19.5. The van der Waals surface area contributed by atoms with Crippen molar-refractivity contribution >= 4 is 49.4 Å². The summed E-state index contributed by atoms with van der Waals surface area (Å²) in [5.41, 5.74) is 3.60. The summed E-state index contributed by atoms with van der Waals surface area (Å²) in [7, 11) is 0. The predicted octanol–water partition coefficient (Wildman–Crippen LogP) is 4.48. The van der Waals surface area contributed by atoms with Gasteiger partial charge in [0.2, 0.25) is 0 Å². The van der Waals surface area contributed by atoms with Crippen LogP contribution < -0.4 is 0 Å². The number of imidazole rings is 1. The number of rotatable bonds is 0. The van der Waals surface area contributed by atoms with Crippen LogP contribution in [0.3, 0.4) is 0 Å². The minimum Gasteiger partial charge on any atom is -0.274 e. The summed E-state index contributed by atoms with van der Waals surface area (Å²) in [6, 6.07) is 24.0. The Labute approximate surface area is 163 Å². The molecule has 0 aliphatic carbocycles. The van der Waals surface area contributed by atoms with Gasteiger partial charge in [-0.1, -0.05) is 36.4 Å². The van der Waals surface area contributed by atoms with E-state index in [1.807, 2.05) is 65.1 Å². The van der Waals surface area contributed by atoms with E-state index in [0.717, 1.165) is 38.2 Å². The van der Waals surface area contributed by atoms with Crippen molar-refractivity contribution < 1.29 is 0 Å². The maximum atomic E-state index is 9.48. The van der Waals surface area contributed by atoms with Crippen molar-refractivity contribution in [3.63, 3.8) is 0 Å². The molecular formula is C23H10N6. The maximum absolute atomic E-state index is 9.48. The Kier molecular flexibility index (Phi) is 2.93. The highest BCUT2D eigenvalue weighted by molar-refractivity contribution is 6.15. The predicted molar refractivity (Wildman–Crippen MR) is 110 cm³/mol. The summed E-state index contributed by atoms with van der Waals surface area (Å²) in [6.45, 7) is 0. The number of aromatic nitrogens is 4. The summed E-state index contributed by atoms with van der Waals surface area (Å²) in [5.74, 6) is 0. The molecule has 132 valence electrons. The molecule has 0 N–H and O–H groups in total. The highest BCUT2D eigenvalue weighted by Gasteiger charge is 2.18. The molecule has 3 aromatic carbocycles. The summed E-state index contributed by atoms with van der Waals surface area (Å²) in [5, 5.41) is 22.9. The molecule has 0 amide bonds. The minimum atomic E-state index is 0.0132. The topological polar surface area (TPSA) is 90.7 Å². The van der Waals surface area contributed by atoms with Gasteiger partial charge in [-0.25, -0.2) is 15.0 Å². The van der Waals surface area contributed by atoms with Crippen molar-refractivity contribution in [3.8, 4) is 12.1 Å². The van der Waals surface area contributed by atoms with Crippen molar-refractivity contribution in [1.29, 1.82) is 10.5 Å². The normalized spacial score (nSPS) is 11.4. The van der Waals surface area contributed by atoms with Gasteiger partial charge in [0.1, 0.15) is 23.3 Å². The lowest BCUT2D eigenvalue weighted by Crippen LogP contribution is -2.01. The molecule has 0 atom stereocenters. The highest BCUT2D eigenvalue weighted by atomic mass is 15.1. The number of nitrogens with zero attached hydrogens (tertiary/aromatic N) is 6. The number of fused-ring (bicyclic) bond motifs is 9. The van der Waals surface area contributed by atoms with Crippen LogP contribution in [0.2, 0.25) is 0 Å². The Morgan fingerprint density at radius 1 is 0.690 bits per heavy atom. The first kappa shape index (κ1) is 15.5. The lowest BCUT2D eigenvalue weighted by atomic mass is 10.0. The Bertz CT molecular complexity index is 1730. The monoisotopic (exact) mass is 370 g/mol. The number of hydrogen-bond donors (Lipinski definition) is 0.